The molecular weight excluding hydrogens is 420 g/mol. The van der Waals surface area contributed by atoms with Crippen LogP contribution in [0, 0.1) is 52.3 Å². The Balaban J connectivity index is 0.000000388. The summed E-state index contributed by atoms with van der Waals surface area (Å²) in [5.41, 5.74) is 1.13. The minimum Gasteiger partial charge on any atom is -0.473 e. The zero-order chi connectivity index (χ0) is 23.6. The second-order valence-electron chi connectivity index (χ2n) is 13.7. The van der Waals surface area contributed by atoms with Gasteiger partial charge in [-0.2, -0.15) is 0 Å². The molecule has 0 radical (unpaired) electrons. The van der Waals surface area contributed by atoms with Gasteiger partial charge >= 0.3 is 0 Å². The van der Waals surface area contributed by atoms with Gasteiger partial charge in [-0.3, -0.25) is 0 Å². The molecule has 2 aliphatic heterocycles. The van der Waals surface area contributed by atoms with Gasteiger partial charge in [-0.25, -0.2) is 0 Å². The molecule has 6 aliphatic rings. The summed E-state index contributed by atoms with van der Waals surface area (Å²) in [5, 5.41) is 0. The van der Waals surface area contributed by atoms with Gasteiger partial charge in [-0.05, 0) is 110 Å². The summed E-state index contributed by atoms with van der Waals surface area (Å²) in [5.74, 6) is 5.62. The van der Waals surface area contributed by atoms with E-state index in [1.54, 1.807) is 12.5 Å². The summed E-state index contributed by atoms with van der Waals surface area (Å²) in [7, 11) is 0. The smallest absolute Gasteiger partial charge is 0.171 e. The number of rotatable bonds is 0. The van der Waals surface area contributed by atoms with Crippen LogP contribution in [0.4, 0.5) is 0 Å². The lowest BCUT2D eigenvalue weighted by atomic mass is 9.44. The molecule has 190 valence electrons. The maximum absolute atomic E-state index is 6.92. The molecule has 7 rings (SSSR count). The van der Waals surface area contributed by atoms with Crippen molar-refractivity contribution in [2.45, 2.75) is 110 Å². The molecule has 11 atom stereocenters. The van der Waals surface area contributed by atoms with Crippen molar-refractivity contribution in [3.05, 3.63) is 24.7 Å². The van der Waals surface area contributed by atoms with Crippen molar-refractivity contribution in [2.24, 2.45) is 52.3 Å². The van der Waals surface area contributed by atoms with Gasteiger partial charge in [0.05, 0.1) is 25.2 Å². The summed E-state index contributed by atoms with van der Waals surface area (Å²) in [4.78, 5) is 0. The Morgan fingerprint density at radius 1 is 0.794 bits per heavy atom. The minimum absolute atomic E-state index is 0.250. The van der Waals surface area contributed by atoms with Crippen LogP contribution < -0.4 is 0 Å². The third kappa shape index (κ3) is 3.50. The van der Waals surface area contributed by atoms with Gasteiger partial charge in [0.15, 0.2) is 5.79 Å². The molecule has 1 unspecified atom stereocenters. The molecule has 4 saturated carbocycles. The Morgan fingerprint density at radius 2 is 1.62 bits per heavy atom. The molecule has 3 nitrogen and oxygen atoms in total. The standard InChI is InChI=1S/C27H44O2.C4H4O/c1-17-10-14-27(28-16-17)18(2)24-23(29-27)15-22-20-9-8-19-7-5-6-12-25(19,3)21(20)11-13-26(22,24)4;1-2-4-5-3-1/h17-24H,5-16H2,1-4H3;1-4H/t17-,18+,19?,20-,21+,22+,23+,24+,25+,26+,27-;/m1./s1. The molecule has 1 spiro atoms. The molecule has 34 heavy (non-hydrogen) atoms. The SMILES string of the molecule is C[C@@H]1CC[C@@]2(OC1)O[C@H]1C[C@H]3[C@@H]4CCC5CCCC[C@]5(C)[C@H]4CC[C@]3(C)[C@H]1[C@@H]2C.c1ccoc1. The predicted octanol–water partition coefficient (Wildman–Crippen LogP) is 8.10. The molecule has 4 aliphatic carbocycles. The highest BCUT2D eigenvalue weighted by Crippen LogP contribution is 2.71. The molecule has 3 heteroatoms. The van der Waals surface area contributed by atoms with E-state index < -0.39 is 0 Å². The second-order valence-corrected chi connectivity index (χ2v) is 13.7. The third-order valence-electron chi connectivity index (χ3n) is 12.3. The van der Waals surface area contributed by atoms with Crippen LogP contribution in [0.25, 0.3) is 0 Å². The Morgan fingerprint density at radius 3 is 2.32 bits per heavy atom. The number of fused-ring (bicyclic) bond motifs is 7. The average molecular weight is 469 g/mol. The maximum Gasteiger partial charge on any atom is 0.171 e. The van der Waals surface area contributed by atoms with E-state index in [9.17, 15) is 0 Å². The molecule has 0 amide bonds. The fourth-order valence-electron chi connectivity index (χ4n) is 10.5. The van der Waals surface area contributed by atoms with Gasteiger partial charge in [0.1, 0.15) is 0 Å². The molecule has 6 fully saturated rings. The predicted molar refractivity (Wildman–Crippen MR) is 135 cm³/mol. The summed E-state index contributed by atoms with van der Waals surface area (Å²) < 4.78 is 18.0. The molecule has 0 aromatic carbocycles. The van der Waals surface area contributed by atoms with Gasteiger partial charge in [0.25, 0.3) is 0 Å². The first kappa shape index (κ1) is 23.6. The largest absolute Gasteiger partial charge is 0.473 e. The van der Waals surface area contributed by atoms with Gasteiger partial charge in [0.2, 0.25) is 0 Å². The minimum atomic E-state index is -0.250. The van der Waals surface area contributed by atoms with E-state index in [1.165, 1.54) is 64.2 Å². The van der Waals surface area contributed by atoms with Crippen molar-refractivity contribution in [3.8, 4) is 0 Å². The fraction of sp³-hybridized carbons (Fsp3) is 0.871. The Hall–Kier alpha value is -0.800. The number of hydrogen-bond donors (Lipinski definition) is 0. The van der Waals surface area contributed by atoms with Crippen LogP contribution in [-0.4, -0.2) is 18.5 Å². The van der Waals surface area contributed by atoms with E-state index in [2.05, 4.69) is 32.1 Å². The van der Waals surface area contributed by atoms with E-state index >= 15 is 0 Å². The van der Waals surface area contributed by atoms with Crippen molar-refractivity contribution < 1.29 is 13.9 Å². The van der Waals surface area contributed by atoms with Crippen molar-refractivity contribution in [1.29, 1.82) is 0 Å². The Kier molecular flexibility index (Phi) is 6.00. The number of furan rings is 1. The topological polar surface area (TPSA) is 31.6 Å². The van der Waals surface area contributed by atoms with Crippen LogP contribution in [0.15, 0.2) is 29.1 Å². The van der Waals surface area contributed by atoms with E-state index in [0.29, 0.717) is 28.8 Å². The summed E-state index contributed by atoms with van der Waals surface area (Å²) in [6.45, 7) is 11.1. The lowest BCUT2D eigenvalue weighted by molar-refractivity contribution is -0.273. The first-order chi connectivity index (χ1) is 16.4. The van der Waals surface area contributed by atoms with Gasteiger partial charge in [-0.1, -0.05) is 40.5 Å². The van der Waals surface area contributed by atoms with Crippen molar-refractivity contribution >= 4 is 0 Å². The molecule has 1 aromatic heterocycles. The van der Waals surface area contributed by atoms with Crippen LogP contribution in [0.3, 0.4) is 0 Å². The van der Waals surface area contributed by atoms with E-state index in [1.807, 2.05) is 12.1 Å². The zero-order valence-electron chi connectivity index (χ0n) is 22.1. The first-order valence-electron chi connectivity index (χ1n) is 14.7. The lowest BCUT2D eigenvalue weighted by Gasteiger charge is -2.61. The van der Waals surface area contributed by atoms with E-state index in [4.69, 9.17) is 9.47 Å². The fourth-order valence-corrected chi connectivity index (χ4v) is 10.5. The highest BCUT2D eigenvalue weighted by Gasteiger charge is 2.68. The van der Waals surface area contributed by atoms with Crippen LogP contribution in [0.2, 0.25) is 0 Å². The molecule has 2 saturated heterocycles. The molecule has 3 heterocycles. The van der Waals surface area contributed by atoms with Crippen molar-refractivity contribution in [1.82, 2.24) is 0 Å². The summed E-state index contributed by atoms with van der Waals surface area (Å²) >= 11 is 0. The quantitative estimate of drug-likeness (QED) is 0.385. The van der Waals surface area contributed by atoms with Crippen LogP contribution in [0.1, 0.15) is 98.3 Å². The summed E-state index contributed by atoms with van der Waals surface area (Å²) in [6.07, 6.45) is 19.4. The van der Waals surface area contributed by atoms with Crippen molar-refractivity contribution in [2.75, 3.05) is 6.61 Å². The van der Waals surface area contributed by atoms with Crippen LogP contribution in [-0.2, 0) is 9.47 Å². The average Bonchev–Trinajstić information content (AvgIpc) is 3.55. The third-order valence-corrected chi connectivity index (χ3v) is 12.3. The lowest BCUT2D eigenvalue weighted by Crippen LogP contribution is -2.54. The molecule has 1 aromatic rings. The maximum atomic E-state index is 6.92. The Labute approximate surface area is 207 Å². The van der Waals surface area contributed by atoms with E-state index in [0.717, 1.165) is 42.6 Å². The highest BCUT2D eigenvalue weighted by atomic mass is 16.7. The Bertz CT molecular complexity index is 809. The monoisotopic (exact) mass is 468 g/mol. The normalized spacial score (nSPS) is 53.8. The van der Waals surface area contributed by atoms with E-state index in [-0.39, 0.29) is 5.79 Å². The molecule has 0 N–H and O–H groups in total. The first-order valence-corrected chi connectivity index (χ1v) is 14.7. The van der Waals surface area contributed by atoms with Crippen LogP contribution >= 0.6 is 0 Å². The van der Waals surface area contributed by atoms with Gasteiger partial charge in [0, 0.05) is 12.3 Å². The number of hydrogen-bond acceptors (Lipinski definition) is 3. The van der Waals surface area contributed by atoms with Crippen molar-refractivity contribution in [3.63, 3.8) is 0 Å². The molecular formula is C31H48O3. The number of ether oxygens (including phenoxy) is 2. The van der Waals surface area contributed by atoms with Crippen LogP contribution in [0.5, 0.6) is 0 Å². The highest BCUT2D eigenvalue weighted by molar-refractivity contribution is 5.15. The van der Waals surface area contributed by atoms with Gasteiger partial charge in [-0.15, -0.1) is 0 Å². The summed E-state index contributed by atoms with van der Waals surface area (Å²) in [6, 6.07) is 3.67. The van der Waals surface area contributed by atoms with Gasteiger partial charge < -0.3 is 13.9 Å². The zero-order valence-corrected chi connectivity index (χ0v) is 22.1. The second kappa shape index (κ2) is 8.65. The molecule has 0 bridgehead atoms.